The van der Waals surface area contributed by atoms with Crippen molar-refractivity contribution >= 4 is 17.9 Å². The molecule has 3 fully saturated rings. The Hall–Kier alpha value is -1.79. The Kier molecular flexibility index (Phi) is 4.68. The fourth-order valence-corrected chi connectivity index (χ4v) is 4.20. The molecule has 1 unspecified atom stereocenters. The van der Waals surface area contributed by atoms with Crippen LogP contribution < -0.4 is 11.1 Å². The topological polar surface area (TPSA) is 102 Å². The quantitative estimate of drug-likeness (QED) is 0.799. The van der Waals surface area contributed by atoms with Gasteiger partial charge in [-0.3, -0.25) is 9.59 Å². The van der Waals surface area contributed by atoms with Crippen molar-refractivity contribution < 1.29 is 19.1 Å². The van der Waals surface area contributed by atoms with Gasteiger partial charge in [0.15, 0.2) is 0 Å². The van der Waals surface area contributed by atoms with Crippen LogP contribution in [0.2, 0.25) is 0 Å². The normalized spacial score (nSPS) is 32.0. The van der Waals surface area contributed by atoms with Gasteiger partial charge in [-0.05, 0) is 49.4 Å². The molecule has 0 spiro atoms. The highest BCUT2D eigenvalue weighted by atomic mass is 16.6. The number of carbonyl (C=O) groups is 3. The number of fused-ring (bicyclic) bond motifs is 1. The van der Waals surface area contributed by atoms with E-state index in [0.717, 1.165) is 31.1 Å². The first-order chi connectivity index (χ1) is 11.7. The maximum absolute atomic E-state index is 13.0. The molecule has 2 saturated carbocycles. The molecule has 0 bridgehead atoms. The second-order valence-electron chi connectivity index (χ2n) is 8.79. The molecule has 2 aliphatic carbocycles. The second-order valence-corrected chi connectivity index (χ2v) is 8.79. The average Bonchev–Trinajstić information content (AvgIpc) is 2.94. The molecule has 3 N–H and O–H groups in total. The van der Waals surface area contributed by atoms with Crippen LogP contribution in [0.15, 0.2) is 0 Å². The number of likely N-dealkylation sites (tertiary alicyclic amines) is 1. The van der Waals surface area contributed by atoms with Crippen molar-refractivity contribution in [3.05, 3.63) is 0 Å². The van der Waals surface area contributed by atoms with Crippen molar-refractivity contribution in [1.29, 1.82) is 0 Å². The monoisotopic (exact) mass is 351 g/mol. The molecule has 1 heterocycles. The van der Waals surface area contributed by atoms with Crippen molar-refractivity contribution in [3.8, 4) is 0 Å². The summed E-state index contributed by atoms with van der Waals surface area (Å²) in [5, 5.41) is 2.75. The van der Waals surface area contributed by atoms with Gasteiger partial charge in [0.1, 0.15) is 18.2 Å². The van der Waals surface area contributed by atoms with Gasteiger partial charge in [-0.2, -0.15) is 0 Å². The van der Waals surface area contributed by atoms with Crippen LogP contribution in [0.3, 0.4) is 0 Å². The Labute approximate surface area is 148 Å². The summed E-state index contributed by atoms with van der Waals surface area (Å²) in [6, 6.07) is -1.34. The number of carbonyl (C=O) groups excluding carboxylic acids is 3. The first kappa shape index (κ1) is 18.0. The number of nitrogens with zero attached hydrogens (tertiary/aromatic N) is 1. The molecule has 140 valence electrons. The third kappa shape index (κ3) is 3.90. The van der Waals surface area contributed by atoms with E-state index in [1.807, 2.05) is 20.8 Å². The van der Waals surface area contributed by atoms with Crippen LogP contribution in [-0.2, 0) is 14.3 Å². The molecule has 25 heavy (non-hydrogen) atoms. The second kappa shape index (κ2) is 6.50. The minimum absolute atomic E-state index is 0.0374. The Morgan fingerprint density at radius 2 is 1.80 bits per heavy atom. The summed E-state index contributed by atoms with van der Waals surface area (Å²) in [4.78, 5) is 38.4. The fourth-order valence-electron chi connectivity index (χ4n) is 4.20. The van der Waals surface area contributed by atoms with Crippen LogP contribution in [0.25, 0.3) is 0 Å². The van der Waals surface area contributed by atoms with Crippen LogP contribution in [0.4, 0.5) is 4.79 Å². The molecule has 0 aromatic heterocycles. The molecule has 3 rings (SSSR count). The lowest BCUT2D eigenvalue weighted by molar-refractivity contribution is -0.141. The predicted octanol–water partition coefficient (Wildman–Crippen LogP) is 1.40. The first-order valence-electron chi connectivity index (χ1n) is 9.23. The number of ether oxygens (including phenoxy) is 1. The lowest BCUT2D eigenvalue weighted by Gasteiger charge is -2.35. The first-order valence-corrected chi connectivity index (χ1v) is 9.23. The summed E-state index contributed by atoms with van der Waals surface area (Å²) in [5.74, 6) is 0.684. The van der Waals surface area contributed by atoms with Gasteiger partial charge in [0.25, 0.3) is 0 Å². The predicted molar refractivity (Wildman–Crippen MR) is 91.4 cm³/mol. The van der Waals surface area contributed by atoms with E-state index in [2.05, 4.69) is 5.32 Å². The van der Waals surface area contributed by atoms with E-state index in [0.29, 0.717) is 13.0 Å². The number of hydrogen-bond acceptors (Lipinski definition) is 4. The van der Waals surface area contributed by atoms with Crippen LogP contribution in [0.5, 0.6) is 0 Å². The van der Waals surface area contributed by atoms with Gasteiger partial charge in [0, 0.05) is 6.54 Å². The Bertz CT molecular complexity index is 561. The lowest BCUT2D eigenvalue weighted by Crippen LogP contribution is -2.57. The molecular formula is C18H29N3O4. The SMILES string of the molecule is CC(C)(C)[C@H](NC(=O)OC1C[C@@H]2C[C@@H]2C1)C(=O)N1CCC[C@H]1C(N)=O. The van der Waals surface area contributed by atoms with Crippen LogP contribution in [0.1, 0.15) is 52.9 Å². The minimum atomic E-state index is -0.754. The molecule has 5 atom stereocenters. The summed E-state index contributed by atoms with van der Waals surface area (Å²) in [6.07, 6.45) is 3.86. The van der Waals surface area contributed by atoms with E-state index < -0.39 is 29.5 Å². The van der Waals surface area contributed by atoms with E-state index in [9.17, 15) is 14.4 Å². The lowest BCUT2D eigenvalue weighted by atomic mass is 9.85. The van der Waals surface area contributed by atoms with E-state index >= 15 is 0 Å². The van der Waals surface area contributed by atoms with E-state index in [1.54, 1.807) is 0 Å². The zero-order valence-electron chi connectivity index (χ0n) is 15.3. The third-order valence-corrected chi connectivity index (χ3v) is 5.71. The smallest absolute Gasteiger partial charge is 0.408 e. The number of nitrogens with one attached hydrogen (secondary N) is 1. The highest BCUT2D eigenvalue weighted by Gasteiger charge is 2.48. The Morgan fingerprint density at radius 1 is 1.16 bits per heavy atom. The standard InChI is InChI=1S/C18H29N3O4/c1-18(2,3)14(16(23)21-6-4-5-13(21)15(19)22)20-17(24)25-12-8-10-7-11(10)9-12/h10-14H,4-9H2,1-3H3,(H2,19,22)(H,20,24)/t10-,11+,12?,13-,14+/m0/s1. The summed E-state index contributed by atoms with van der Waals surface area (Å²) in [7, 11) is 0. The van der Waals surface area contributed by atoms with Gasteiger partial charge in [-0.15, -0.1) is 0 Å². The van der Waals surface area contributed by atoms with Gasteiger partial charge < -0.3 is 20.7 Å². The molecular weight excluding hydrogens is 322 g/mol. The van der Waals surface area contributed by atoms with Gasteiger partial charge in [0.2, 0.25) is 11.8 Å². The van der Waals surface area contributed by atoms with Gasteiger partial charge in [-0.1, -0.05) is 20.8 Å². The van der Waals surface area contributed by atoms with Gasteiger partial charge >= 0.3 is 6.09 Å². The van der Waals surface area contributed by atoms with Crippen molar-refractivity contribution in [2.24, 2.45) is 23.0 Å². The molecule has 3 aliphatic rings. The molecule has 7 nitrogen and oxygen atoms in total. The molecule has 0 radical (unpaired) electrons. The van der Waals surface area contributed by atoms with Crippen molar-refractivity contribution in [3.63, 3.8) is 0 Å². The summed E-state index contributed by atoms with van der Waals surface area (Å²) in [6.45, 7) is 6.14. The summed E-state index contributed by atoms with van der Waals surface area (Å²) in [5.41, 5.74) is 4.92. The number of nitrogens with two attached hydrogens (primary N) is 1. The summed E-state index contributed by atoms with van der Waals surface area (Å²) >= 11 is 0. The molecule has 7 heteroatoms. The van der Waals surface area contributed by atoms with Crippen LogP contribution in [-0.4, -0.2) is 47.5 Å². The molecule has 1 aliphatic heterocycles. The molecule has 3 amide bonds. The maximum atomic E-state index is 13.0. The Balaban J connectivity index is 1.63. The average molecular weight is 351 g/mol. The van der Waals surface area contributed by atoms with Crippen molar-refractivity contribution in [1.82, 2.24) is 10.2 Å². The summed E-state index contributed by atoms with van der Waals surface area (Å²) < 4.78 is 5.51. The number of primary amides is 1. The van der Waals surface area contributed by atoms with Gasteiger partial charge in [0.05, 0.1) is 0 Å². The van der Waals surface area contributed by atoms with Crippen LogP contribution in [0, 0.1) is 17.3 Å². The Morgan fingerprint density at radius 3 is 2.36 bits per heavy atom. The van der Waals surface area contributed by atoms with Crippen molar-refractivity contribution in [2.45, 2.75) is 71.1 Å². The van der Waals surface area contributed by atoms with E-state index in [-0.39, 0.29) is 12.0 Å². The number of amides is 3. The number of alkyl carbamates (subject to hydrolysis) is 1. The van der Waals surface area contributed by atoms with Crippen molar-refractivity contribution in [2.75, 3.05) is 6.54 Å². The molecule has 0 aromatic carbocycles. The zero-order chi connectivity index (χ0) is 18.4. The van der Waals surface area contributed by atoms with Gasteiger partial charge in [-0.25, -0.2) is 4.79 Å². The van der Waals surface area contributed by atoms with E-state index in [1.165, 1.54) is 11.3 Å². The van der Waals surface area contributed by atoms with Crippen LogP contribution >= 0.6 is 0 Å². The number of rotatable bonds is 4. The highest BCUT2D eigenvalue weighted by molar-refractivity contribution is 5.91. The molecule has 0 aromatic rings. The van der Waals surface area contributed by atoms with E-state index in [4.69, 9.17) is 10.5 Å². The fraction of sp³-hybridized carbons (Fsp3) is 0.833. The maximum Gasteiger partial charge on any atom is 0.408 e. The third-order valence-electron chi connectivity index (χ3n) is 5.71. The number of hydrogen-bond donors (Lipinski definition) is 2. The largest absolute Gasteiger partial charge is 0.446 e. The zero-order valence-corrected chi connectivity index (χ0v) is 15.3. The molecule has 1 saturated heterocycles. The highest BCUT2D eigenvalue weighted by Crippen LogP contribution is 2.52. The minimum Gasteiger partial charge on any atom is -0.446 e.